The van der Waals surface area contributed by atoms with Gasteiger partial charge in [0.25, 0.3) is 0 Å². The SMILES string of the molecule is CCN(CCO)c1ccncn1. The Labute approximate surface area is 71.9 Å². The van der Waals surface area contributed by atoms with Crippen LogP contribution in [-0.4, -0.2) is 34.8 Å². The Bertz CT molecular complexity index is 215. The molecule has 0 aliphatic carbocycles. The summed E-state index contributed by atoms with van der Waals surface area (Å²) in [5.41, 5.74) is 0. The molecule has 0 unspecified atom stereocenters. The van der Waals surface area contributed by atoms with E-state index in [0.29, 0.717) is 6.54 Å². The third-order valence-corrected chi connectivity index (χ3v) is 1.64. The maximum Gasteiger partial charge on any atom is 0.131 e. The molecule has 0 saturated carbocycles. The molecule has 1 heterocycles. The maximum absolute atomic E-state index is 8.74. The van der Waals surface area contributed by atoms with Crippen LogP contribution in [0.5, 0.6) is 0 Å². The van der Waals surface area contributed by atoms with E-state index in [2.05, 4.69) is 9.97 Å². The average molecular weight is 167 g/mol. The molecule has 0 amide bonds. The summed E-state index contributed by atoms with van der Waals surface area (Å²) >= 11 is 0. The predicted octanol–water partition coefficient (Wildman–Crippen LogP) is 0.295. The number of aliphatic hydroxyl groups excluding tert-OH is 1. The second kappa shape index (κ2) is 4.66. The van der Waals surface area contributed by atoms with Crippen LogP contribution >= 0.6 is 0 Å². The zero-order valence-electron chi connectivity index (χ0n) is 7.14. The maximum atomic E-state index is 8.74. The molecular weight excluding hydrogens is 154 g/mol. The zero-order chi connectivity index (χ0) is 8.81. The molecule has 1 aromatic rings. The third-order valence-electron chi connectivity index (χ3n) is 1.64. The van der Waals surface area contributed by atoms with Gasteiger partial charge in [0.15, 0.2) is 0 Å². The standard InChI is InChI=1S/C8H13N3O/c1-2-11(5-6-12)8-3-4-9-7-10-8/h3-4,7,12H,2,5-6H2,1H3. The smallest absolute Gasteiger partial charge is 0.131 e. The van der Waals surface area contributed by atoms with E-state index in [-0.39, 0.29) is 6.61 Å². The minimum Gasteiger partial charge on any atom is -0.395 e. The highest BCUT2D eigenvalue weighted by atomic mass is 16.3. The molecule has 66 valence electrons. The lowest BCUT2D eigenvalue weighted by Gasteiger charge is -2.19. The lowest BCUT2D eigenvalue weighted by Crippen LogP contribution is -2.26. The number of hydrogen-bond donors (Lipinski definition) is 1. The zero-order valence-corrected chi connectivity index (χ0v) is 7.14. The summed E-state index contributed by atoms with van der Waals surface area (Å²) in [6.45, 7) is 3.64. The fourth-order valence-electron chi connectivity index (χ4n) is 1.03. The first-order valence-electron chi connectivity index (χ1n) is 4.00. The monoisotopic (exact) mass is 167 g/mol. The van der Waals surface area contributed by atoms with Crippen LogP contribution in [0.15, 0.2) is 18.6 Å². The summed E-state index contributed by atoms with van der Waals surface area (Å²) in [7, 11) is 0. The van der Waals surface area contributed by atoms with Crippen molar-refractivity contribution in [1.82, 2.24) is 9.97 Å². The Kier molecular flexibility index (Phi) is 3.47. The normalized spacial score (nSPS) is 9.83. The van der Waals surface area contributed by atoms with Crippen molar-refractivity contribution in [3.05, 3.63) is 18.6 Å². The van der Waals surface area contributed by atoms with Crippen molar-refractivity contribution in [2.75, 3.05) is 24.6 Å². The van der Waals surface area contributed by atoms with Gasteiger partial charge in [-0.15, -0.1) is 0 Å². The molecule has 0 aromatic carbocycles. The van der Waals surface area contributed by atoms with Crippen molar-refractivity contribution in [2.24, 2.45) is 0 Å². The first-order valence-corrected chi connectivity index (χ1v) is 4.00. The van der Waals surface area contributed by atoms with Gasteiger partial charge in [-0.1, -0.05) is 0 Å². The molecule has 0 atom stereocenters. The number of hydrogen-bond acceptors (Lipinski definition) is 4. The number of rotatable bonds is 4. The van der Waals surface area contributed by atoms with Gasteiger partial charge in [0.2, 0.25) is 0 Å². The molecule has 4 nitrogen and oxygen atoms in total. The van der Waals surface area contributed by atoms with Gasteiger partial charge in [0.05, 0.1) is 6.61 Å². The topological polar surface area (TPSA) is 49.2 Å². The van der Waals surface area contributed by atoms with Crippen molar-refractivity contribution in [3.63, 3.8) is 0 Å². The quantitative estimate of drug-likeness (QED) is 0.700. The summed E-state index contributed by atoms with van der Waals surface area (Å²) in [4.78, 5) is 9.88. The molecule has 0 radical (unpaired) electrons. The molecule has 0 spiro atoms. The van der Waals surface area contributed by atoms with Gasteiger partial charge >= 0.3 is 0 Å². The van der Waals surface area contributed by atoms with Gasteiger partial charge in [-0.05, 0) is 13.0 Å². The average Bonchev–Trinajstić information content (AvgIpc) is 2.15. The van der Waals surface area contributed by atoms with Crippen molar-refractivity contribution < 1.29 is 5.11 Å². The highest BCUT2D eigenvalue weighted by Gasteiger charge is 2.02. The Morgan fingerprint density at radius 3 is 2.92 bits per heavy atom. The number of likely N-dealkylation sites (N-methyl/N-ethyl adjacent to an activating group) is 1. The highest BCUT2D eigenvalue weighted by Crippen LogP contribution is 2.05. The van der Waals surface area contributed by atoms with Gasteiger partial charge in [-0.3, -0.25) is 0 Å². The fraction of sp³-hybridized carbons (Fsp3) is 0.500. The molecule has 0 aliphatic heterocycles. The Hall–Kier alpha value is -1.16. The molecular formula is C8H13N3O. The number of aliphatic hydroxyl groups is 1. The molecule has 0 bridgehead atoms. The second-order valence-electron chi connectivity index (χ2n) is 2.37. The molecule has 0 saturated heterocycles. The van der Waals surface area contributed by atoms with E-state index < -0.39 is 0 Å². The van der Waals surface area contributed by atoms with Gasteiger partial charge in [0.1, 0.15) is 12.1 Å². The van der Waals surface area contributed by atoms with Crippen molar-refractivity contribution in [2.45, 2.75) is 6.92 Å². The van der Waals surface area contributed by atoms with Gasteiger partial charge in [-0.25, -0.2) is 9.97 Å². The Morgan fingerprint density at radius 2 is 2.42 bits per heavy atom. The predicted molar refractivity (Wildman–Crippen MR) is 47.0 cm³/mol. The van der Waals surface area contributed by atoms with Crippen LogP contribution in [0.3, 0.4) is 0 Å². The Morgan fingerprint density at radius 1 is 1.58 bits per heavy atom. The van der Waals surface area contributed by atoms with Gasteiger partial charge in [0, 0.05) is 19.3 Å². The summed E-state index contributed by atoms with van der Waals surface area (Å²) < 4.78 is 0. The fourth-order valence-corrected chi connectivity index (χ4v) is 1.03. The van der Waals surface area contributed by atoms with Crippen LogP contribution in [-0.2, 0) is 0 Å². The van der Waals surface area contributed by atoms with E-state index in [9.17, 15) is 0 Å². The van der Waals surface area contributed by atoms with Crippen LogP contribution < -0.4 is 4.90 Å². The number of aromatic nitrogens is 2. The van der Waals surface area contributed by atoms with Crippen molar-refractivity contribution in [1.29, 1.82) is 0 Å². The summed E-state index contributed by atoms with van der Waals surface area (Å²) in [6, 6.07) is 1.83. The molecule has 12 heavy (non-hydrogen) atoms. The van der Waals surface area contributed by atoms with E-state index in [1.54, 1.807) is 6.20 Å². The molecule has 4 heteroatoms. The Balaban J connectivity index is 2.66. The van der Waals surface area contributed by atoms with Crippen LogP contribution in [0, 0.1) is 0 Å². The minimum atomic E-state index is 0.151. The highest BCUT2D eigenvalue weighted by molar-refractivity contribution is 5.35. The minimum absolute atomic E-state index is 0.151. The first-order chi connectivity index (χ1) is 5.88. The molecule has 1 N–H and O–H groups in total. The molecule has 1 aromatic heterocycles. The van der Waals surface area contributed by atoms with Gasteiger partial charge < -0.3 is 10.0 Å². The molecule has 0 aliphatic rings. The van der Waals surface area contributed by atoms with Crippen molar-refractivity contribution >= 4 is 5.82 Å². The summed E-state index contributed by atoms with van der Waals surface area (Å²) in [6.07, 6.45) is 3.21. The lowest BCUT2D eigenvalue weighted by atomic mass is 10.4. The third kappa shape index (κ3) is 2.17. The molecule has 0 fully saturated rings. The molecule has 1 rings (SSSR count). The van der Waals surface area contributed by atoms with E-state index in [1.807, 2.05) is 17.9 Å². The van der Waals surface area contributed by atoms with E-state index >= 15 is 0 Å². The van der Waals surface area contributed by atoms with Crippen LogP contribution in [0.2, 0.25) is 0 Å². The first kappa shape index (κ1) is 8.93. The van der Waals surface area contributed by atoms with E-state index in [0.717, 1.165) is 12.4 Å². The van der Waals surface area contributed by atoms with Crippen LogP contribution in [0.4, 0.5) is 5.82 Å². The van der Waals surface area contributed by atoms with E-state index in [4.69, 9.17) is 5.11 Å². The van der Waals surface area contributed by atoms with Crippen LogP contribution in [0.1, 0.15) is 6.92 Å². The largest absolute Gasteiger partial charge is 0.395 e. The van der Waals surface area contributed by atoms with E-state index in [1.165, 1.54) is 6.33 Å². The summed E-state index contributed by atoms with van der Waals surface area (Å²) in [5, 5.41) is 8.74. The summed E-state index contributed by atoms with van der Waals surface area (Å²) in [5.74, 6) is 0.863. The number of anilines is 1. The second-order valence-corrected chi connectivity index (χ2v) is 2.37. The van der Waals surface area contributed by atoms with Crippen LogP contribution in [0.25, 0.3) is 0 Å². The number of nitrogens with zero attached hydrogens (tertiary/aromatic N) is 3. The lowest BCUT2D eigenvalue weighted by molar-refractivity contribution is 0.302. The van der Waals surface area contributed by atoms with Gasteiger partial charge in [-0.2, -0.15) is 0 Å². The van der Waals surface area contributed by atoms with Crippen molar-refractivity contribution in [3.8, 4) is 0 Å².